The second-order valence-electron chi connectivity index (χ2n) is 6.57. The Morgan fingerprint density at radius 1 is 1.42 bits per heavy atom. The largest absolute Gasteiger partial charge is 0.345 e. The average molecular weight is 334 g/mol. The number of halogens is 1. The number of hydrogen-bond donors (Lipinski definition) is 0. The number of nitrogens with zero attached hydrogens (tertiary/aromatic N) is 2. The molecule has 1 heterocycles. The Morgan fingerprint density at radius 3 is 2.92 bits per heavy atom. The van der Waals surface area contributed by atoms with Gasteiger partial charge in [0.15, 0.2) is 0 Å². The van der Waals surface area contributed by atoms with Gasteiger partial charge in [-0.05, 0) is 37.0 Å². The van der Waals surface area contributed by atoms with E-state index in [0.717, 1.165) is 24.9 Å². The molecule has 132 valence electrons. The fraction of sp³-hybridized carbons (Fsp3) is 0.579. The molecule has 4 nitrogen and oxygen atoms in total. The second-order valence-corrected chi connectivity index (χ2v) is 6.57. The van der Waals surface area contributed by atoms with Crippen LogP contribution in [0.4, 0.5) is 4.39 Å². The van der Waals surface area contributed by atoms with E-state index in [0.29, 0.717) is 32.4 Å². The van der Waals surface area contributed by atoms with Gasteiger partial charge in [-0.15, -0.1) is 0 Å². The van der Waals surface area contributed by atoms with Gasteiger partial charge >= 0.3 is 0 Å². The van der Waals surface area contributed by atoms with E-state index >= 15 is 0 Å². The SMILES string of the molecule is CCCCN(C)C(=O)[C@@H]1CCC(=O)N(CCc2cccc(F)c2)C1. The number of unbranched alkanes of at least 4 members (excludes halogenated alkanes) is 1. The standard InChI is InChI=1S/C19H27FN2O2/c1-3-4-11-21(2)19(24)16-8-9-18(23)22(14-16)12-10-15-6-5-7-17(20)13-15/h5-7,13,16H,3-4,8-12,14H2,1-2H3/t16-/m1/s1. The van der Waals surface area contributed by atoms with E-state index in [1.165, 1.54) is 12.1 Å². The van der Waals surface area contributed by atoms with Crippen LogP contribution < -0.4 is 0 Å². The zero-order valence-electron chi connectivity index (χ0n) is 14.6. The van der Waals surface area contributed by atoms with Gasteiger partial charge in [0.05, 0.1) is 5.92 Å². The molecule has 1 aromatic rings. The first kappa shape index (κ1) is 18.4. The fourth-order valence-corrected chi connectivity index (χ4v) is 3.11. The molecule has 1 atom stereocenters. The topological polar surface area (TPSA) is 40.6 Å². The molecule has 0 radical (unpaired) electrons. The van der Waals surface area contributed by atoms with Crippen LogP contribution in [0.1, 0.15) is 38.2 Å². The molecule has 0 unspecified atom stereocenters. The van der Waals surface area contributed by atoms with Crippen LogP contribution in [-0.2, 0) is 16.0 Å². The Balaban J connectivity index is 1.90. The molecule has 1 aromatic carbocycles. The number of benzene rings is 1. The lowest BCUT2D eigenvalue weighted by molar-refractivity contribution is -0.142. The average Bonchev–Trinajstić information content (AvgIpc) is 2.58. The van der Waals surface area contributed by atoms with Gasteiger partial charge in [0.1, 0.15) is 5.82 Å². The maximum Gasteiger partial charge on any atom is 0.227 e. The van der Waals surface area contributed by atoms with E-state index < -0.39 is 0 Å². The van der Waals surface area contributed by atoms with Crippen molar-refractivity contribution in [3.05, 3.63) is 35.6 Å². The van der Waals surface area contributed by atoms with Crippen molar-refractivity contribution < 1.29 is 14.0 Å². The van der Waals surface area contributed by atoms with E-state index in [2.05, 4.69) is 6.92 Å². The molecule has 0 bridgehead atoms. The first-order valence-electron chi connectivity index (χ1n) is 8.78. The Labute approximate surface area is 143 Å². The summed E-state index contributed by atoms with van der Waals surface area (Å²) in [7, 11) is 1.84. The van der Waals surface area contributed by atoms with Crippen LogP contribution in [0.25, 0.3) is 0 Å². The zero-order valence-corrected chi connectivity index (χ0v) is 14.6. The smallest absolute Gasteiger partial charge is 0.227 e. The quantitative estimate of drug-likeness (QED) is 0.769. The number of rotatable bonds is 7. The first-order valence-corrected chi connectivity index (χ1v) is 8.78. The summed E-state index contributed by atoms with van der Waals surface area (Å²) in [4.78, 5) is 28.2. The van der Waals surface area contributed by atoms with Crippen LogP contribution in [0.3, 0.4) is 0 Å². The summed E-state index contributed by atoms with van der Waals surface area (Å²) in [5.41, 5.74) is 0.872. The van der Waals surface area contributed by atoms with Crippen molar-refractivity contribution in [3.8, 4) is 0 Å². The van der Waals surface area contributed by atoms with E-state index in [4.69, 9.17) is 0 Å². The van der Waals surface area contributed by atoms with E-state index in [9.17, 15) is 14.0 Å². The summed E-state index contributed by atoms with van der Waals surface area (Å²) in [5.74, 6) is -0.154. The Morgan fingerprint density at radius 2 is 2.21 bits per heavy atom. The molecule has 24 heavy (non-hydrogen) atoms. The van der Waals surface area contributed by atoms with E-state index in [1.54, 1.807) is 15.9 Å². The summed E-state index contributed by atoms with van der Waals surface area (Å²) in [6.07, 6.45) is 3.71. The molecule has 1 fully saturated rings. The number of hydrogen-bond acceptors (Lipinski definition) is 2. The van der Waals surface area contributed by atoms with Crippen LogP contribution in [0.2, 0.25) is 0 Å². The molecular weight excluding hydrogens is 307 g/mol. The number of carbonyl (C=O) groups excluding carboxylic acids is 2. The highest BCUT2D eigenvalue weighted by atomic mass is 19.1. The van der Waals surface area contributed by atoms with E-state index in [1.807, 2.05) is 13.1 Å². The van der Waals surface area contributed by atoms with Crippen molar-refractivity contribution >= 4 is 11.8 Å². The van der Waals surface area contributed by atoms with Gasteiger partial charge in [-0.2, -0.15) is 0 Å². The molecule has 0 spiro atoms. The molecule has 0 saturated carbocycles. The van der Waals surface area contributed by atoms with Crippen molar-refractivity contribution in [2.45, 2.75) is 39.0 Å². The Bertz CT molecular complexity index is 576. The minimum Gasteiger partial charge on any atom is -0.345 e. The Hall–Kier alpha value is -1.91. The normalized spacial score (nSPS) is 17.9. The number of piperidine rings is 1. The fourth-order valence-electron chi connectivity index (χ4n) is 3.11. The number of amides is 2. The molecule has 2 rings (SSSR count). The first-order chi connectivity index (χ1) is 11.5. The second kappa shape index (κ2) is 8.81. The van der Waals surface area contributed by atoms with Gasteiger partial charge in [0, 0.05) is 33.1 Å². The third-order valence-electron chi connectivity index (χ3n) is 4.63. The van der Waals surface area contributed by atoms with Gasteiger partial charge in [0.2, 0.25) is 11.8 Å². The summed E-state index contributed by atoms with van der Waals surface area (Å²) in [6.45, 7) is 3.88. The number of likely N-dealkylation sites (tertiary alicyclic amines) is 1. The van der Waals surface area contributed by atoms with Gasteiger partial charge in [-0.3, -0.25) is 9.59 Å². The number of carbonyl (C=O) groups is 2. The molecular formula is C19H27FN2O2. The van der Waals surface area contributed by atoms with Crippen LogP contribution in [-0.4, -0.2) is 48.3 Å². The highest BCUT2D eigenvalue weighted by Gasteiger charge is 2.31. The van der Waals surface area contributed by atoms with Crippen LogP contribution in [0, 0.1) is 11.7 Å². The van der Waals surface area contributed by atoms with Crippen molar-refractivity contribution in [1.29, 1.82) is 0 Å². The monoisotopic (exact) mass is 334 g/mol. The third-order valence-corrected chi connectivity index (χ3v) is 4.63. The lowest BCUT2D eigenvalue weighted by Crippen LogP contribution is -2.46. The van der Waals surface area contributed by atoms with E-state index in [-0.39, 0.29) is 23.5 Å². The minimum absolute atomic E-state index is 0.0895. The molecule has 1 aliphatic rings. The van der Waals surface area contributed by atoms with Gasteiger partial charge in [-0.1, -0.05) is 25.5 Å². The van der Waals surface area contributed by atoms with Crippen molar-refractivity contribution in [3.63, 3.8) is 0 Å². The summed E-state index contributed by atoms with van der Waals surface area (Å²) in [6, 6.07) is 6.45. The Kier molecular flexibility index (Phi) is 6.76. The highest BCUT2D eigenvalue weighted by molar-refractivity contribution is 5.83. The molecule has 0 aromatic heterocycles. The van der Waals surface area contributed by atoms with Gasteiger partial charge in [-0.25, -0.2) is 4.39 Å². The minimum atomic E-state index is -0.261. The van der Waals surface area contributed by atoms with Gasteiger partial charge < -0.3 is 9.80 Å². The maximum atomic E-state index is 13.2. The molecule has 0 N–H and O–H groups in total. The third kappa shape index (κ3) is 5.05. The lowest BCUT2D eigenvalue weighted by atomic mass is 9.95. The molecule has 5 heteroatoms. The summed E-state index contributed by atoms with van der Waals surface area (Å²) in [5, 5.41) is 0. The van der Waals surface area contributed by atoms with Crippen molar-refractivity contribution in [2.75, 3.05) is 26.7 Å². The summed E-state index contributed by atoms with van der Waals surface area (Å²) < 4.78 is 13.2. The van der Waals surface area contributed by atoms with Crippen molar-refractivity contribution in [1.82, 2.24) is 9.80 Å². The predicted octanol–water partition coefficient (Wildman–Crippen LogP) is 2.87. The molecule has 2 amide bonds. The van der Waals surface area contributed by atoms with Crippen LogP contribution in [0.15, 0.2) is 24.3 Å². The molecule has 0 aliphatic carbocycles. The lowest BCUT2D eigenvalue weighted by Gasteiger charge is -2.34. The highest BCUT2D eigenvalue weighted by Crippen LogP contribution is 2.20. The zero-order chi connectivity index (χ0) is 17.5. The summed E-state index contributed by atoms with van der Waals surface area (Å²) >= 11 is 0. The van der Waals surface area contributed by atoms with Crippen molar-refractivity contribution in [2.24, 2.45) is 5.92 Å². The van der Waals surface area contributed by atoms with Crippen LogP contribution >= 0.6 is 0 Å². The maximum absolute atomic E-state index is 13.2. The molecule has 1 saturated heterocycles. The van der Waals surface area contributed by atoms with Gasteiger partial charge in [0.25, 0.3) is 0 Å². The van der Waals surface area contributed by atoms with Crippen LogP contribution in [0.5, 0.6) is 0 Å². The molecule has 1 aliphatic heterocycles. The predicted molar refractivity (Wildman–Crippen MR) is 92.0 cm³/mol.